The van der Waals surface area contributed by atoms with E-state index in [0.29, 0.717) is 35.8 Å². The zero-order chi connectivity index (χ0) is 20.7. The third-order valence-electron chi connectivity index (χ3n) is 5.72. The van der Waals surface area contributed by atoms with Crippen LogP contribution in [0.25, 0.3) is 0 Å². The van der Waals surface area contributed by atoms with Crippen molar-refractivity contribution in [3.8, 4) is 0 Å². The van der Waals surface area contributed by atoms with Crippen molar-refractivity contribution in [3.63, 3.8) is 0 Å². The Bertz CT molecular complexity index is 729. The summed E-state index contributed by atoms with van der Waals surface area (Å²) in [6.07, 6.45) is 3.88. The van der Waals surface area contributed by atoms with Gasteiger partial charge in [0.1, 0.15) is 6.54 Å². The molecule has 0 saturated carbocycles. The normalized spacial score (nSPS) is 19.3. The first-order chi connectivity index (χ1) is 14.0. The number of ether oxygens (including phenoxy) is 1. The third kappa shape index (κ3) is 5.77. The number of amides is 1. The molecule has 0 aromatic heterocycles. The number of halogens is 2. The summed E-state index contributed by atoms with van der Waals surface area (Å²) < 4.78 is 5.61. The van der Waals surface area contributed by atoms with E-state index >= 15 is 0 Å². The lowest BCUT2D eigenvalue weighted by Gasteiger charge is -2.39. The minimum Gasteiger partial charge on any atom is -0.381 e. The number of hydrogen-bond acceptors (Lipinski definition) is 3. The largest absolute Gasteiger partial charge is 0.381 e. The second-order valence-electron chi connectivity index (χ2n) is 7.65. The van der Waals surface area contributed by atoms with Gasteiger partial charge in [0.2, 0.25) is 5.91 Å². The standard InChI is InChI=1S/C21H30Cl2N4O2/c1-2-24-20(25-14-19(28)27-9-3-4-10-27)26-15-21(7-11-29-12-8-21)17-6-5-16(22)13-18(17)23/h5-6,13H,2-4,7-12,14-15H2,1H3,(H2,24,25,26). The number of hydrogen-bond donors (Lipinski definition) is 2. The first-order valence-corrected chi connectivity index (χ1v) is 11.1. The Kier molecular flexibility index (Phi) is 8.04. The van der Waals surface area contributed by atoms with E-state index in [0.717, 1.165) is 50.9 Å². The van der Waals surface area contributed by atoms with Crippen LogP contribution in [-0.4, -0.2) is 62.7 Å². The molecular formula is C21H30Cl2N4O2. The van der Waals surface area contributed by atoms with Gasteiger partial charge in [-0.05, 0) is 50.3 Å². The zero-order valence-corrected chi connectivity index (χ0v) is 18.5. The van der Waals surface area contributed by atoms with Crippen LogP contribution in [0.4, 0.5) is 0 Å². The Balaban J connectivity index is 1.72. The SMILES string of the molecule is CCNC(=NCC(=O)N1CCCC1)NCC1(c2ccc(Cl)cc2Cl)CCOCC1. The van der Waals surface area contributed by atoms with E-state index in [-0.39, 0.29) is 17.9 Å². The molecular weight excluding hydrogens is 411 g/mol. The van der Waals surface area contributed by atoms with Crippen LogP contribution >= 0.6 is 23.2 Å². The van der Waals surface area contributed by atoms with Crippen LogP contribution in [0.5, 0.6) is 0 Å². The predicted octanol–water partition coefficient (Wildman–Crippen LogP) is 3.22. The fourth-order valence-electron chi connectivity index (χ4n) is 4.03. The number of carbonyl (C=O) groups is 1. The molecule has 2 saturated heterocycles. The summed E-state index contributed by atoms with van der Waals surface area (Å²) >= 11 is 12.7. The third-order valence-corrected chi connectivity index (χ3v) is 6.27. The minimum absolute atomic E-state index is 0.0845. The van der Waals surface area contributed by atoms with Crippen LogP contribution in [0.2, 0.25) is 10.0 Å². The Labute approximate surface area is 183 Å². The molecule has 1 amide bonds. The van der Waals surface area contributed by atoms with Crippen molar-refractivity contribution >= 4 is 35.1 Å². The van der Waals surface area contributed by atoms with Gasteiger partial charge in [0.15, 0.2) is 5.96 Å². The molecule has 3 rings (SSSR count). The molecule has 2 aliphatic rings. The van der Waals surface area contributed by atoms with Crippen molar-refractivity contribution in [1.82, 2.24) is 15.5 Å². The average Bonchev–Trinajstić information content (AvgIpc) is 3.25. The predicted molar refractivity (Wildman–Crippen MR) is 118 cm³/mol. The molecule has 29 heavy (non-hydrogen) atoms. The number of benzene rings is 1. The lowest BCUT2D eigenvalue weighted by atomic mass is 9.74. The molecule has 0 spiro atoms. The number of nitrogens with one attached hydrogen (secondary N) is 2. The molecule has 6 nitrogen and oxygen atoms in total. The second-order valence-corrected chi connectivity index (χ2v) is 8.50. The van der Waals surface area contributed by atoms with Crippen molar-refractivity contribution in [3.05, 3.63) is 33.8 Å². The topological polar surface area (TPSA) is 66.0 Å². The van der Waals surface area contributed by atoms with Crippen LogP contribution in [0.3, 0.4) is 0 Å². The lowest BCUT2D eigenvalue weighted by Crippen LogP contribution is -2.48. The molecule has 0 aliphatic carbocycles. The van der Waals surface area contributed by atoms with Gasteiger partial charge in [-0.1, -0.05) is 29.3 Å². The molecule has 2 fully saturated rings. The number of carbonyl (C=O) groups excluding carboxylic acids is 1. The Morgan fingerprint density at radius 3 is 2.59 bits per heavy atom. The van der Waals surface area contributed by atoms with E-state index in [1.165, 1.54) is 0 Å². The number of nitrogens with zero attached hydrogens (tertiary/aromatic N) is 2. The van der Waals surface area contributed by atoms with Gasteiger partial charge in [0, 0.05) is 54.9 Å². The van der Waals surface area contributed by atoms with E-state index in [2.05, 4.69) is 15.6 Å². The molecule has 0 bridgehead atoms. The number of aliphatic imine (C=N–C) groups is 1. The summed E-state index contributed by atoms with van der Waals surface area (Å²) in [5.41, 5.74) is 0.901. The highest BCUT2D eigenvalue weighted by Crippen LogP contribution is 2.39. The van der Waals surface area contributed by atoms with Crippen molar-refractivity contribution in [2.75, 3.05) is 45.9 Å². The van der Waals surface area contributed by atoms with Gasteiger partial charge in [0.25, 0.3) is 0 Å². The highest BCUT2D eigenvalue weighted by atomic mass is 35.5. The smallest absolute Gasteiger partial charge is 0.244 e. The summed E-state index contributed by atoms with van der Waals surface area (Å²) in [6, 6.07) is 5.69. The summed E-state index contributed by atoms with van der Waals surface area (Å²) in [5, 5.41) is 7.98. The van der Waals surface area contributed by atoms with Crippen molar-refractivity contribution in [1.29, 1.82) is 0 Å². The maximum absolute atomic E-state index is 12.3. The number of rotatable bonds is 6. The molecule has 160 valence electrons. The van der Waals surface area contributed by atoms with Gasteiger partial charge in [-0.15, -0.1) is 0 Å². The first-order valence-electron chi connectivity index (χ1n) is 10.4. The van der Waals surface area contributed by atoms with Gasteiger partial charge in [-0.3, -0.25) is 4.79 Å². The zero-order valence-electron chi connectivity index (χ0n) is 17.0. The monoisotopic (exact) mass is 440 g/mol. The molecule has 1 aromatic carbocycles. The van der Waals surface area contributed by atoms with Gasteiger partial charge >= 0.3 is 0 Å². The van der Waals surface area contributed by atoms with E-state index in [1.54, 1.807) is 6.07 Å². The van der Waals surface area contributed by atoms with Crippen LogP contribution < -0.4 is 10.6 Å². The lowest BCUT2D eigenvalue weighted by molar-refractivity contribution is -0.128. The molecule has 2 heterocycles. The Hall–Kier alpha value is -1.50. The maximum Gasteiger partial charge on any atom is 0.244 e. The van der Waals surface area contributed by atoms with Gasteiger partial charge in [-0.25, -0.2) is 4.99 Å². The Morgan fingerprint density at radius 2 is 1.93 bits per heavy atom. The molecule has 0 atom stereocenters. The van der Waals surface area contributed by atoms with Crippen LogP contribution in [0.15, 0.2) is 23.2 Å². The van der Waals surface area contributed by atoms with Crippen molar-refractivity contribution in [2.24, 2.45) is 4.99 Å². The fourth-order valence-corrected chi connectivity index (χ4v) is 4.64. The highest BCUT2D eigenvalue weighted by Gasteiger charge is 2.36. The summed E-state index contributed by atoms with van der Waals surface area (Å²) in [4.78, 5) is 18.7. The van der Waals surface area contributed by atoms with E-state index in [1.807, 2.05) is 24.0 Å². The number of guanidine groups is 1. The first kappa shape index (κ1) is 22.2. The molecule has 2 N–H and O–H groups in total. The maximum atomic E-state index is 12.3. The van der Waals surface area contributed by atoms with Gasteiger partial charge < -0.3 is 20.3 Å². The van der Waals surface area contributed by atoms with Gasteiger partial charge in [0.05, 0.1) is 0 Å². The van der Waals surface area contributed by atoms with Crippen LogP contribution in [-0.2, 0) is 14.9 Å². The van der Waals surface area contributed by atoms with E-state index in [9.17, 15) is 4.79 Å². The van der Waals surface area contributed by atoms with Crippen LogP contribution in [0.1, 0.15) is 38.2 Å². The molecule has 1 aromatic rings. The molecule has 0 radical (unpaired) electrons. The second kappa shape index (κ2) is 10.5. The minimum atomic E-state index is -0.172. The molecule has 0 unspecified atom stereocenters. The molecule has 8 heteroatoms. The summed E-state index contributed by atoms with van der Waals surface area (Å²) in [7, 11) is 0. The van der Waals surface area contributed by atoms with Crippen molar-refractivity contribution in [2.45, 2.75) is 38.0 Å². The Morgan fingerprint density at radius 1 is 1.21 bits per heavy atom. The number of likely N-dealkylation sites (tertiary alicyclic amines) is 1. The summed E-state index contributed by atoms with van der Waals surface area (Å²) in [6.45, 7) is 6.60. The molecule has 2 aliphatic heterocycles. The summed E-state index contributed by atoms with van der Waals surface area (Å²) in [5.74, 6) is 0.734. The van der Waals surface area contributed by atoms with E-state index < -0.39 is 0 Å². The van der Waals surface area contributed by atoms with Gasteiger partial charge in [-0.2, -0.15) is 0 Å². The van der Waals surface area contributed by atoms with E-state index in [4.69, 9.17) is 27.9 Å². The van der Waals surface area contributed by atoms with Crippen LogP contribution in [0, 0.1) is 0 Å². The average molecular weight is 441 g/mol. The quantitative estimate of drug-likeness (QED) is 0.526. The highest BCUT2D eigenvalue weighted by molar-refractivity contribution is 6.35. The fraction of sp³-hybridized carbons (Fsp3) is 0.619. The van der Waals surface area contributed by atoms with Crippen molar-refractivity contribution < 1.29 is 9.53 Å².